The third kappa shape index (κ3) is 4.02. The summed E-state index contributed by atoms with van der Waals surface area (Å²) in [6.07, 6.45) is 1.69. The summed E-state index contributed by atoms with van der Waals surface area (Å²) in [6, 6.07) is 6.34. The molecule has 0 aliphatic heterocycles. The number of aliphatic hydroxyl groups excluding tert-OH is 1. The Balaban J connectivity index is 2.95. The fraction of sp³-hybridized carbons (Fsp3) is 0.571. The summed E-state index contributed by atoms with van der Waals surface area (Å²) in [6.45, 7) is 5.06. The zero-order valence-corrected chi connectivity index (χ0v) is 11.0. The van der Waals surface area contributed by atoms with Gasteiger partial charge in [-0.1, -0.05) is 24.6 Å². The third-order valence-corrected chi connectivity index (χ3v) is 2.77. The van der Waals surface area contributed by atoms with Gasteiger partial charge in [-0.3, -0.25) is 0 Å². The maximum absolute atomic E-state index is 9.08. The lowest BCUT2D eigenvalue weighted by Crippen LogP contribution is -2.19. The van der Waals surface area contributed by atoms with Crippen molar-refractivity contribution in [2.45, 2.75) is 32.7 Å². The SMILES string of the molecule is CCCOc1ccc(C)cc1C(CCO)NC. The van der Waals surface area contributed by atoms with Crippen molar-refractivity contribution < 1.29 is 9.84 Å². The first-order chi connectivity index (χ1) is 8.22. The van der Waals surface area contributed by atoms with Crippen LogP contribution in [0.4, 0.5) is 0 Å². The van der Waals surface area contributed by atoms with E-state index in [1.54, 1.807) is 0 Å². The number of benzene rings is 1. The Hall–Kier alpha value is -1.06. The van der Waals surface area contributed by atoms with Crippen molar-refractivity contribution >= 4 is 0 Å². The highest BCUT2D eigenvalue weighted by atomic mass is 16.5. The molecule has 3 heteroatoms. The maximum Gasteiger partial charge on any atom is 0.124 e. The Morgan fingerprint density at radius 2 is 2.18 bits per heavy atom. The van der Waals surface area contributed by atoms with Crippen molar-refractivity contribution in [2.24, 2.45) is 0 Å². The van der Waals surface area contributed by atoms with Crippen LogP contribution in [-0.2, 0) is 0 Å². The second-order valence-electron chi connectivity index (χ2n) is 4.24. The zero-order valence-electron chi connectivity index (χ0n) is 11.0. The lowest BCUT2D eigenvalue weighted by atomic mass is 10.0. The minimum Gasteiger partial charge on any atom is -0.493 e. The van der Waals surface area contributed by atoms with Gasteiger partial charge in [0.1, 0.15) is 5.75 Å². The maximum atomic E-state index is 9.08. The van der Waals surface area contributed by atoms with Crippen LogP contribution in [0.15, 0.2) is 18.2 Å². The van der Waals surface area contributed by atoms with Gasteiger partial charge < -0.3 is 15.2 Å². The Bertz CT molecular complexity index is 339. The van der Waals surface area contributed by atoms with E-state index in [1.807, 2.05) is 13.1 Å². The van der Waals surface area contributed by atoms with Crippen LogP contribution in [0.3, 0.4) is 0 Å². The van der Waals surface area contributed by atoms with Gasteiger partial charge in [0.15, 0.2) is 0 Å². The lowest BCUT2D eigenvalue weighted by molar-refractivity contribution is 0.263. The van der Waals surface area contributed by atoms with E-state index in [-0.39, 0.29) is 12.6 Å². The van der Waals surface area contributed by atoms with E-state index in [0.717, 1.165) is 24.3 Å². The molecule has 3 nitrogen and oxygen atoms in total. The number of rotatable bonds is 7. The van der Waals surface area contributed by atoms with Gasteiger partial charge in [0.05, 0.1) is 6.61 Å². The van der Waals surface area contributed by atoms with E-state index < -0.39 is 0 Å². The van der Waals surface area contributed by atoms with Crippen LogP contribution >= 0.6 is 0 Å². The Labute approximate surface area is 104 Å². The molecular weight excluding hydrogens is 214 g/mol. The highest BCUT2D eigenvalue weighted by Crippen LogP contribution is 2.28. The first-order valence-corrected chi connectivity index (χ1v) is 6.24. The number of ether oxygens (including phenoxy) is 1. The third-order valence-electron chi connectivity index (χ3n) is 2.77. The molecule has 0 bridgehead atoms. The smallest absolute Gasteiger partial charge is 0.124 e. The normalized spacial score (nSPS) is 12.5. The molecule has 0 fully saturated rings. The minimum absolute atomic E-state index is 0.145. The molecule has 1 rings (SSSR count). The van der Waals surface area contributed by atoms with Crippen molar-refractivity contribution in [1.29, 1.82) is 0 Å². The topological polar surface area (TPSA) is 41.5 Å². The summed E-state index contributed by atoms with van der Waals surface area (Å²) >= 11 is 0. The van der Waals surface area contributed by atoms with Crippen molar-refractivity contribution in [3.05, 3.63) is 29.3 Å². The van der Waals surface area contributed by atoms with Crippen molar-refractivity contribution in [3.63, 3.8) is 0 Å². The zero-order chi connectivity index (χ0) is 12.7. The number of nitrogens with one attached hydrogen (secondary N) is 1. The average Bonchev–Trinajstić information content (AvgIpc) is 2.34. The molecule has 1 unspecified atom stereocenters. The fourth-order valence-electron chi connectivity index (χ4n) is 1.87. The summed E-state index contributed by atoms with van der Waals surface area (Å²) in [5.74, 6) is 0.922. The van der Waals surface area contributed by atoms with Crippen LogP contribution in [0.5, 0.6) is 5.75 Å². The standard InChI is InChI=1S/C14H23NO2/c1-4-9-17-14-6-5-11(2)10-12(14)13(15-3)7-8-16/h5-6,10,13,15-16H,4,7-9H2,1-3H3. The highest BCUT2D eigenvalue weighted by Gasteiger charge is 2.14. The lowest BCUT2D eigenvalue weighted by Gasteiger charge is -2.20. The average molecular weight is 237 g/mol. The minimum atomic E-state index is 0.145. The molecule has 0 radical (unpaired) electrons. The molecule has 2 N–H and O–H groups in total. The van der Waals surface area contributed by atoms with E-state index in [4.69, 9.17) is 9.84 Å². The monoisotopic (exact) mass is 237 g/mol. The molecular formula is C14H23NO2. The molecule has 1 atom stereocenters. The molecule has 0 spiro atoms. The molecule has 1 aromatic rings. The van der Waals surface area contributed by atoms with Gasteiger partial charge in [0, 0.05) is 18.2 Å². The van der Waals surface area contributed by atoms with Gasteiger partial charge in [0.2, 0.25) is 0 Å². The summed E-state index contributed by atoms with van der Waals surface area (Å²) in [5.41, 5.74) is 2.34. The van der Waals surface area contributed by atoms with Gasteiger partial charge in [-0.2, -0.15) is 0 Å². The first-order valence-electron chi connectivity index (χ1n) is 6.24. The predicted octanol–water partition coefficient (Wildman–Crippen LogP) is 2.43. The van der Waals surface area contributed by atoms with Gasteiger partial charge in [0.25, 0.3) is 0 Å². The van der Waals surface area contributed by atoms with Crippen LogP contribution in [0, 0.1) is 6.92 Å². The highest BCUT2D eigenvalue weighted by molar-refractivity contribution is 5.39. The molecule has 0 amide bonds. The Kier molecular flexibility index (Phi) is 6.01. The molecule has 0 aliphatic carbocycles. The van der Waals surface area contributed by atoms with Crippen LogP contribution in [-0.4, -0.2) is 25.4 Å². The summed E-state index contributed by atoms with van der Waals surface area (Å²) in [4.78, 5) is 0. The second-order valence-corrected chi connectivity index (χ2v) is 4.24. The van der Waals surface area contributed by atoms with E-state index in [2.05, 4.69) is 31.3 Å². The van der Waals surface area contributed by atoms with Crippen LogP contribution in [0.25, 0.3) is 0 Å². The van der Waals surface area contributed by atoms with Crippen molar-refractivity contribution in [3.8, 4) is 5.75 Å². The molecule has 0 heterocycles. The first kappa shape index (κ1) is 14.0. The molecule has 96 valence electrons. The van der Waals surface area contributed by atoms with Crippen LogP contribution < -0.4 is 10.1 Å². The molecule has 1 aromatic carbocycles. The second kappa shape index (κ2) is 7.30. The fourth-order valence-corrected chi connectivity index (χ4v) is 1.87. The summed E-state index contributed by atoms with van der Waals surface area (Å²) < 4.78 is 5.75. The Morgan fingerprint density at radius 3 is 2.76 bits per heavy atom. The van der Waals surface area contributed by atoms with Gasteiger partial charge in [-0.05, 0) is 32.9 Å². The number of hydrogen-bond acceptors (Lipinski definition) is 3. The number of aryl methyl sites for hydroxylation is 1. The number of aliphatic hydroxyl groups is 1. The van der Waals surface area contributed by atoms with Gasteiger partial charge in [-0.15, -0.1) is 0 Å². The van der Waals surface area contributed by atoms with E-state index in [0.29, 0.717) is 6.42 Å². The predicted molar refractivity (Wildman–Crippen MR) is 70.5 cm³/mol. The summed E-state index contributed by atoms with van der Waals surface area (Å²) in [7, 11) is 1.91. The molecule has 0 aliphatic rings. The summed E-state index contributed by atoms with van der Waals surface area (Å²) in [5, 5.41) is 12.3. The number of hydrogen-bond donors (Lipinski definition) is 2. The van der Waals surface area contributed by atoms with Gasteiger partial charge in [-0.25, -0.2) is 0 Å². The van der Waals surface area contributed by atoms with E-state index >= 15 is 0 Å². The van der Waals surface area contributed by atoms with Crippen LogP contribution in [0.1, 0.15) is 36.9 Å². The van der Waals surface area contributed by atoms with Crippen molar-refractivity contribution in [1.82, 2.24) is 5.32 Å². The quantitative estimate of drug-likeness (QED) is 0.765. The van der Waals surface area contributed by atoms with E-state index in [9.17, 15) is 0 Å². The molecule has 0 aromatic heterocycles. The molecule has 0 saturated carbocycles. The van der Waals surface area contributed by atoms with Crippen molar-refractivity contribution in [2.75, 3.05) is 20.3 Å². The van der Waals surface area contributed by atoms with Crippen LogP contribution in [0.2, 0.25) is 0 Å². The van der Waals surface area contributed by atoms with Gasteiger partial charge >= 0.3 is 0 Å². The Morgan fingerprint density at radius 1 is 1.41 bits per heavy atom. The molecule has 0 saturated heterocycles. The molecule has 17 heavy (non-hydrogen) atoms. The van der Waals surface area contributed by atoms with E-state index in [1.165, 1.54) is 5.56 Å². The largest absolute Gasteiger partial charge is 0.493 e.